The number of benzene rings is 1. The van der Waals surface area contributed by atoms with E-state index in [1.165, 1.54) is 20.3 Å². The van der Waals surface area contributed by atoms with Crippen LogP contribution in [0.3, 0.4) is 0 Å². The second-order valence-electron chi connectivity index (χ2n) is 3.43. The number of ether oxygens (including phenoxy) is 2. The molecule has 96 valence electrons. The molecule has 0 fully saturated rings. The number of aromatic hydroxyl groups is 1. The average Bonchev–Trinajstić information content (AvgIpc) is 2.75. The standard InChI is InChI=1S/C11H11BrN2O4/c1-16-7-3-5(12)9(10(15)11(7)17-2)6-4-8(13)18-14-6/h3-4,15H,13H2,1-2H3. The third kappa shape index (κ3) is 1.97. The van der Waals surface area contributed by atoms with Crippen LogP contribution >= 0.6 is 15.9 Å². The minimum Gasteiger partial charge on any atom is -0.504 e. The Labute approximate surface area is 111 Å². The molecule has 0 aliphatic rings. The van der Waals surface area contributed by atoms with E-state index in [0.717, 1.165) is 0 Å². The molecule has 0 saturated heterocycles. The number of nitrogens with two attached hydrogens (primary N) is 1. The molecule has 0 aliphatic carbocycles. The second-order valence-corrected chi connectivity index (χ2v) is 4.29. The van der Waals surface area contributed by atoms with Gasteiger partial charge in [0.1, 0.15) is 5.69 Å². The van der Waals surface area contributed by atoms with E-state index in [-0.39, 0.29) is 17.4 Å². The number of nitrogen functional groups attached to an aromatic ring is 1. The fourth-order valence-corrected chi connectivity index (χ4v) is 2.19. The van der Waals surface area contributed by atoms with Crippen LogP contribution in [-0.4, -0.2) is 24.5 Å². The molecule has 1 aromatic heterocycles. The van der Waals surface area contributed by atoms with Crippen molar-refractivity contribution in [2.24, 2.45) is 0 Å². The highest BCUT2D eigenvalue weighted by molar-refractivity contribution is 9.10. The third-order valence-electron chi connectivity index (χ3n) is 2.38. The van der Waals surface area contributed by atoms with E-state index in [2.05, 4.69) is 21.1 Å². The Morgan fingerprint density at radius 1 is 1.33 bits per heavy atom. The number of phenols is 1. The molecule has 2 rings (SSSR count). The van der Waals surface area contributed by atoms with Gasteiger partial charge in [0.05, 0.1) is 19.8 Å². The zero-order valence-electron chi connectivity index (χ0n) is 9.73. The maximum Gasteiger partial charge on any atom is 0.222 e. The Morgan fingerprint density at radius 2 is 2.06 bits per heavy atom. The molecule has 18 heavy (non-hydrogen) atoms. The molecule has 0 saturated carbocycles. The Morgan fingerprint density at radius 3 is 2.56 bits per heavy atom. The summed E-state index contributed by atoms with van der Waals surface area (Å²) in [7, 11) is 2.92. The topological polar surface area (TPSA) is 90.7 Å². The summed E-state index contributed by atoms with van der Waals surface area (Å²) in [6.45, 7) is 0. The maximum atomic E-state index is 10.2. The van der Waals surface area contributed by atoms with Gasteiger partial charge in [-0.05, 0) is 22.0 Å². The van der Waals surface area contributed by atoms with E-state index in [9.17, 15) is 5.11 Å². The first kappa shape index (κ1) is 12.6. The number of methoxy groups -OCH3 is 2. The van der Waals surface area contributed by atoms with Crippen molar-refractivity contribution in [1.82, 2.24) is 5.16 Å². The van der Waals surface area contributed by atoms with Crippen molar-refractivity contribution in [1.29, 1.82) is 0 Å². The number of hydrogen-bond acceptors (Lipinski definition) is 6. The molecule has 3 N–H and O–H groups in total. The third-order valence-corrected chi connectivity index (χ3v) is 3.01. The molecule has 2 aromatic rings. The number of phenolic OH excluding ortho intramolecular Hbond substituents is 1. The quantitative estimate of drug-likeness (QED) is 0.904. The van der Waals surface area contributed by atoms with Crippen LogP contribution in [0.4, 0.5) is 5.88 Å². The number of hydrogen-bond donors (Lipinski definition) is 2. The maximum absolute atomic E-state index is 10.2. The first-order valence-electron chi connectivity index (χ1n) is 4.94. The Hall–Kier alpha value is -1.89. The zero-order valence-corrected chi connectivity index (χ0v) is 11.3. The molecule has 1 heterocycles. The van der Waals surface area contributed by atoms with Crippen molar-refractivity contribution in [2.75, 3.05) is 20.0 Å². The van der Waals surface area contributed by atoms with E-state index in [1.54, 1.807) is 6.07 Å². The van der Waals surface area contributed by atoms with E-state index in [1.807, 2.05) is 0 Å². The van der Waals surface area contributed by atoms with Crippen LogP contribution in [0.1, 0.15) is 0 Å². The lowest BCUT2D eigenvalue weighted by Crippen LogP contribution is -1.93. The van der Waals surface area contributed by atoms with E-state index >= 15 is 0 Å². The van der Waals surface area contributed by atoms with Gasteiger partial charge in [-0.2, -0.15) is 0 Å². The molecule has 0 radical (unpaired) electrons. The minimum atomic E-state index is -0.1000. The first-order valence-corrected chi connectivity index (χ1v) is 5.73. The van der Waals surface area contributed by atoms with E-state index in [4.69, 9.17) is 19.7 Å². The SMILES string of the molecule is COc1cc(Br)c(-c2cc(N)on2)c(O)c1OC. The fraction of sp³-hybridized carbons (Fsp3) is 0.182. The summed E-state index contributed by atoms with van der Waals surface area (Å²) < 4.78 is 15.6. The van der Waals surface area contributed by atoms with Crippen molar-refractivity contribution in [3.05, 3.63) is 16.6 Å². The predicted molar refractivity (Wildman–Crippen MR) is 68.8 cm³/mol. The second kappa shape index (κ2) is 4.77. The molecule has 0 bridgehead atoms. The molecule has 1 aromatic carbocycles. The number of anilines is 1. The normalized spacial score (nSPS) is 10.4. The summed E-state index contributed by atoms with van der Waals surface area (Å²) in [5.41, 5.74) is 6.29. The molecule has 0 spiro atoms. The summed E-state index contributed by atoms with van der Waals surface area (Å²) in [5.74, 6) is 0.683. The Balaban J connectivity index is 2.68. The summed E-state index contributed by atoms with van der Waals surface area (Å²) >= 11 is 3.33. The van der Waals surface area contributed by atoms with Crippen LogP contribution in [-0.2, 0) is 0 Å². The first-order chi connectivity index (χ1) is 8.58. The molecule has 7 heteroatoms. The van der Waals surface area contributed by atoms with Crippen LogP contribution < -0.4 is 15.2 Å². The van der Waals surface area contributed by atoms with Gasteiger partial charge < -0.3 is 24.8 Å². The smallest absolute Gasteiger partial charge is 0.222 e. The van der Waals surface area contributed by atoms with Crippen LogP contribution in [0.5, 0.6) is 17.2 Å². The van der Waals surface area contributed by atoms with Gasteiger partial charge >= 0.3 is 0 Å². The number of rotatable bonds is 3. The van der Waals surface area contributed by atoms with Gasteiger partial charge in [-0.3, -0.25) is 0 Å². The largest absolute Gasteiger partial charge is 0.504 e. The number of aromatic nitrogens is 1. The van der Waals surface area contributed by atoms with Gasteiger partial charge in [0.25, 0.3) is 0 Å². The summed E-state index contributed by atoms with van der Waals surface area (Å²) in [6.07, 6.45) is 0. The van der Waals surface area contributed by atoms with Crippen molar-refractivity contribution >= 4 is 21.8 Å². The summed E-state index contributed by atoms with van der Waals surface area (Å²) in [4.78, 5) is 0. The predicted octanol–water partition coefficient (Wildman–Crippen LogP) is 2.41. The molecular formula is C11H11BrN2O4. The van der Waals surface area contributed by atoms with Gasteiger partial charge in [-0.1, -0.05) is 5.16 Å². The molecular weight excluding hydrogens is 304 g/mol. The van der Waals surface area contributed by atoms with Crippen LogP contribution in [0.15, 0.2) is 21.1 Å². The highest BCUT2D eigenvalue weighted by Crippen LogP contribution is 2.47. The monoisotopic (exact) mass is 314 g/mol. The number of nitrogens with zero attached hydrogens (tertiary/aromatic N) is 1. The van der Waals surface area contributed by atoms with Crippen molar-refractivity contribution in [3.8, 4) is 28.5 Å². The highest BCUT2D eigenvalue weighted by atomic mass is 79.9. The van der Waals surface area contributed by atoms with Crippen molar-refractivity contribution in [2.45, 2.75) is 0 Å². The highest BCUT2D eigenvalue weighted by Gasteiger charge is 2.21. The van der Waals surface area contributed by atoms with E-state index in [0.29, 0.717) is 21.5 Å². The van der Waals surface area contributed by atoms with Gasteiger partial charge in [-0.25, -0.2) is 0 Å². The van der Waals surface area contributed by atoms with Crippen LogP contribution in [0.25, 0.3) is 11.3 Å². The molecule has 0 aliphatic heterocycles. The minimum absolute atomic E-state index is 0.1000. The summed E-state index contributed by atoms with van der Waals surface area (Å²) in [6, 6.07) is 3.17. The van der Waals surface area contributed by atoms with Gasteiger partial charge in [0, 0.05) is 10.5 Å². The Kier molecular flexibility index (Phi) is 3.33. The molecule has 0 amide bonds. The van der Waals surface area contributed by atoms with Crippen molar-refractivity contribution in [3.63, 3.8) is 0 Å². The molecule has 0 unspecified atom stereocenters. The summed E-state index contributed by atoms with van der Waals surface area (Å²) in [5, 5.41) is 13.9. The van der Waals surface area contributed by atoms with Gasteiger partial charge in [-0.15, -0.1) is 0 Å². The molecule has 6 nitrogen and oxygen atoms in total. The van der Waals surface area contributed by atoms with Crippen LogP contribution in [0, 0.1) is 0 Å². The zero-order chi connectivity index (χ0) is 13.3. The lowest BCUT2D eigenvalue weighted by atomic mass is 10.1. The number of halogens is 1. The average molecular weight is 315 g/mol. The fourth-order valence-electron chi connectivity index (χ4n) is 1.60. The van der Waals surface area contributed by atoms with Gasteiger partial charge in [0.2, 0.25) is 11.6 Å². The van der Waals surface area contributed by atoms with Gasteiger partial charge in [0.15, 0.2) is 11.5 Å². The lowest BCUT2D eigenvalue weighted by molar-refractivity contribution is 0.333. The lowest BCUT2D eigenvalue weighted by Gasteiger charge is -2.13. The van der Waals surface area contributed by atoms with Crippen LogP contribution in [0.2, 0.25) is 0 Å². The van der Waals surface area contributed by atoms with E-state index < -0.39 is 0 Å². The Bertz CT molecular complexity index is 583. The van der Waals surface area contributed by atoms with Crippen molar-refractivity contribution < 1.29 is 19.1 Å². The molecule has 0 atom stereocenters.